The van der Waals surface area contributed by atoms with Crippen molar-refractivity contribution >= 4 is 15.9 Å². The van der Waals surface area contributed by atoms with Crippen molar-refractivity contribution < 1.29 is 23.2 Å². The lowest BCUT2D eigenvalue weighted by atomic mass is 9.45. The number of hydrogen-bond donors (Lipinski definition) is 3. The standard InChI is InChI=1S/C33H43N3O5S/c1-21-28-18-26(33(28,4)5)19-29(21)35-32(38)31-30(22(2)37)23(3)41-36(31)20-25-12-9-11-24(17-25)13-10-16-34-42(39,40)27-14-7-6-8-15-27/h6-9,11-12,14-15,17,21-23,26,28-31,34,37H,16,18-20H2,1-5H3,(H,35,38)/t21-,22-,23-,26+,28-,29-,30+,31-/m0/s1. The van der Waals surface area contributed by atoms with Crippen molar-refractivity contribution in [3.8, 4) is 11.8 Å². The lowest BCUT2D eigenvalue weighted by Gasteiger charge is -2.62. The summed E-state index contributed by atoms with van der Waals surface area (Å²) in [5.41, 5.74) is 1.96. The maximum atomic E-state index is 13.8. The van der Waals surface area contributed by atoms with Crippen molar-refractivity contribution in [2.24, 2.45) is 29.1 Å². The van der Waals surface area contributed by atoms with Gasteiger partial charge in [-0.3, -0.25) is 9.63 Å². The van der Waals surface area contributed by atoms with Gasteiger partial charge in [0.05, 0.1) is 30.2 Å². The quantitative estimate of drug-likeness (QED) is 0.403. The highest BCUT2D eigenvalue weighted by molar-refractivity contribution is 7.89. The van der Waals surface area contributed by atoms with Crippen LogP contribution in [0.4, 0.5) is 0 Å². The zero-order chi connectivity index (χ0) is 30.2. The largest absolute Gasteiger partial charge is 0.393 e. The van der Waals surface area contributed by atoms with E-state index in [2.05, 4.69) is 42.7 Å². The number of hydroxylamine groups is 2. The van der Waals surface area contributed by atoms with E-state index in [-0.39, 0.29) is 35.4 Å². The average Bonchev–Trinajstić information content (AvgIpc) is 3.28. The maximum absolute atomic E-state index is 13.8. The molecule has 0 spiro atoms. The first-order valence-electron chi connectivity index (χ1n) is 14.9. The molecule has 8 atom stereocenters. The van der Waals surface area contributed by atoms with E-state index in [1.165, 1.54) is 18.6 Å². The number of rotatable bonds is 8. The molecule has 2 aromatic rings. The van der Waals surface area contributed by atoms with Crippen molar-refractivity contribution in [2.45, 2.75) is 83.2 Å². The van der Waals surface area contributed by atoms with Gasteiger partial charge in [0.1, 0.15) is 6.04 Å². The van der Waals surface area contributed by atoms with E-state index in [1.807, 2.05) is 31.2 Å². The molecule has 1 heterocycles. The van der Waals surface area contributed by atoms with Crippen molar-refractivity contribution in [1.82, 2.24) is 15.1 Å². The second kappa shape index (κ2) is 12.1. The topological polar surface area (TPSA) is 108 Å². The highest BCUT2D eigenvalue weighted by Gasteiger charge is 2.57. The fourth-order valence-electron chi connectivity index (χ4n) is 7.39. The number of carbonyl (C=O) groups is 1. The molecular formula is C33H43N3O5S. The Kier molecular flexibility index (Phi) is 8.85. The van der Waals surface area contributed by atoms with Gasteiger partial charge in [0, 0.05) is 17.5 Å². The number of nitrogens with one attached hydrogen (secondary N) is 2. The van der Waals surface area contributed by atoms with Crippen LogP contribution in [0.1, 0.15) is 58.6 Å². The number of benzene rings is 2. The monoisotopic (exact) mass is 593 g/mol. The Morgan fingerprint density at radius 3 is 2.55 bits per heavy atom. The van der Waals surface area contributed by atoms with Gasteiger partial charge in [-0.05, 0) is 79.7 Å². The number of fused-ring (bicyclic) bond motifs is 2. The van der Waals surface area contributed by atoms with E-state index in [0.29, 0.717) is 29.7 Å². The Morgan fingerprint density at radius 2 is 1.88 bits per heavy atom. The van der Waals surface area contributed by atoms with Crippen LogP contribution in [0.3, 0.4) is 0 Å². The fourth-order valence-corrected chi connectivity index (χ4v) is 8.34. The van der Waals surface area contributed by atoms with Crippen molar-refractivity contribution in [2.75, 3.05) is 6.54 Å². The molecule has 1 amide bonds. The number of hydrogen-bond acceptors (Lipinski definition) is 6. The van der Waals surface area contributed by atoms with Crippen LogP contribution in [0.2, 0.25) is 0 Å². The summed E-state index contributed by atoms with van der Waals surface area (Å²) in [6.45, 7) is 10.9. The molecule has 3 aliphatic carbocycles. The molecule has 3 saturated carbocycles. The first-order chi connectivity index (χ1) is 19.9. The second-order valence-electron chi connectivity index (χ2n) is 12.9. The van der Waals surface area contributed by atoms with Gasteiger partial charge in [0.25, 0.3) is 0 Å². The second-order valence-corrected chi connectivity index (χ2v) is 14.6. The third-order valence-corrected chi connectivity index (χ3v) is 11.3. The van der Waals surface area contributed by atoms with Crippen LogP contribution in [-0.2, 0) is 26.2 Å². The van der Waals surface area contributed by atoms with Crippen LogP contribution in [0.15, 0.2) is 59.5 Å². The van der Waals surface area contributed by atoms with E-state index in [9.17, 15) is 18.3 Å². The molecule has 8 nitrogen and oxygen atoms in total. The minimum Gasteiger partial charge on any atom is -0.393 e. The number of sulfonamides is 1. The third kappa shape index (κ3) is 6.15. The summed E-state index contributed by atoms with van der Waals surface area (Å²) in [5, 5.41) is 15.7. The fraction of sp³-hybridized carbons (Fsp3) is 0.545. The van der Waals surface area contributed by atoms with Crippen LogP contribution in [-0.4, -0.2) is 55.3 Å². The van der Waals surface area contributed by atoms with Gasteiger partial charge in [0.2, 0.25) is 15.9 Å². The summed E-state index contributed by atoms with van der Waals surface area (Å²) in [6, 6.07) is 15.3. The van der Waals surface area contributed by atoms with E-state index < -0.39 is 22.2 Å². The molecule has 2 bridgehead atoms. The highest BCUT2D eigenvalue weighted by atomic mass is 32.2. The summed E-state index contributed by atoms with van der Waals surface area (Å²) < 4.78 is 27.3. The first kappa shape index (κ1) is 30.7. The molecule has 1 aliphatic heterocycles. The minimum atomic E-state index is -3.63. The zero-order valence-electron chi connectivity index (χ0n) is 25.1. The van der Waals surface area contributed by atoms with Crippen LogP contribution >= 0.6 is 0 Å². The van der Waals surface area contributed by atoms with Gasteiger partial charge in [0.15, 0.2) is 0 Å². The predicted octanol–water partition coefficient (Wildman–Crippen LogP) is 3.70. The Labute approximate surface area is 250 Å². The lowest BCUT2D eigenvalue weighted by molar-refractivity contribution is -0.174. The molecule has 0 radical (unpaired) electrons. The average molecular weight is 594 g/mol. The molecule has 42 heavy (non-hydrogen) atoms. The molecule has 3 N–H and O–H groups in total. The molecule has 4 fully saturated rings. The van der Waals surface area contributed by atoms with E-state index in [0.717, 1.165) is 17.5 Å². The Balaban J connectivity index is 1.25. The number of amides is 1. The first-order valence-corrected chi connectivity index (χ1v) is 16.4. The molecule has 9 heteroatoms. The van der Waals surface area contributed by atoms with Gasteiger partial charge in [-0.2, -0.15) is 9.79 Å². The number of aliphatic hydroxyl groups is 1. The smallest absolute Gasteiger partial charge is 0.241 e. The Bertz CT molecular complexity index is 1450. The van der Waals surface area contributed by atoms with E-state index >= 15 is 0 Å². The van der Waals surface area contributed by atoms with Gasteiger partial charge in [-0.1, -0.05) is 62.9 Å². The molecule has 2 aromatic carbocycles. The van der Waals surface area contributed by atoms with Gasteiger partial charge >= 0.3 is 0 Å². The molecule has 6 rings (SSSR count). The normalized spacial score (nSPS) is 31.0. The number of aliphatic hydroxyl groups excluding tert-OH is 1. The van der Waals surface area contributed by atoms with E-state index in [4.69, 9.17) is 4.84 Å². The van der Waals surface area contributed by atoms with Gasteiger partial charge < -0.3 is 10.4 Å². The SMILES string of the molecule is C[C@@H]1[C@@H](NC(=O)[C@@H]2[C@H]([C@H](C)O)[C@H](C)ON2Cc2cccc(C#CCNS(=O)(=O)c3ccccc3)c2)C[C@H]2C[C@@H]1C2(C)C. The number of nitrogens with zero attached hydrogens (tertiary/aromatic N) is 1. The molecule has 0 unspecified atom stereocenters. The Morgan fingerprint density at radius 1 is 1.14 bits per heavy atom. The van der Waals surface area contributed by atoms with Gasteiger partial charge in [-0.15, -0.1) is 0 Å². The third-order valence-electron chi connectivity index (χ3n) is 9.93. The zero-order valence-corrected chi connectivity index (χ0v) is 25.9. The molecule has 0 aromatic heterocycles. The Hall–Kier alpha value is -2.74. The molecule has 1 saturated heterocycles. The van der Waals surface area contributed by atoms with Crippen molar-refractivity contribution in [1.29, 1.82) is 0 Å². The maximum Gasteiger partial charge on any atom is 0.241 e. The van der Waals surface area contributed by atoms with Crippen molar-refractivity contribution in [3.05, 3.63) is 65.7 Å². The summed E-state index contributed by atoms with van der Waals surface area (Å²) >= 11 is 0. The summed E-state index contributed by atoms with van der Waals surface area (Å²) in [5.74, 6) is 7.09. The van der Waals surface area contributed by atoms with Crippen LogP contribution in [0.25, 0.3) is 0 Å². The van der Waals surface area contributed by atoms with Crippen LogP contribution in [0.5, 0.6) is 0 Å². The molecular weight excluding hydrogens is 550 g/mol. The molecule has 4 aliphatic rings. The summed E-state index contributed by atoms with van der Waals surface area (Å²) in [4.78, 5) is 20.2. The van der Waals surface area contributed by atoms with E-state index in [1.54, 1.807) is 30.2 Å². The van der Waals surface area contributed by atoms with Crippen LogP contribution in [0, 0.1) is 40.9 Å². The lowest BCUT2D eigenvalue weighted by Crippen LogP contribution is -2.62. The highest BCUT2D eigenvalue weighted by Crippen LogP contribution is 2.61. The van der Waals surface area contributed by atoms with Crippen molar-refractivity contribution in [3.63, 3.8) is 0 Å². The number of carbonyl (C=O) groups excluding carboxylic acids is 1. The van der Waals surface area contributed by atoms with Crippen LogP contribution < -0.4 is 10.0 Å². The summed E-state index contributed by atoms with van der Waals surface area (Å²) in [7, 11) is -3.63. The minimum absolute atomic E-state index is 0.0228. The van der Waals surface area contributed by atoms with Gasteiger partial charge in [-0.25, -0.2) is 8.42 Å². The molecule has 226 valence electrons. The summed E-state index contributed by atoms with van der Waals surface area (Å²) in [6.07, 6.45) is 1.19. The predicted molar refractivity (Wildman–Crippen MR) is 161 cm³/mol.